The van der Waals surface area contributed by atoms with Gasteiger partial charge in [-0.05, 0) is 37.5 Å². The summed E-state index contributed by atoms with van der Waals surface area (Å²) in [5.41, 5.74) is 0. The van der Waals surface area contributed by atoms with E-state index in [1.165, 1.54) is 205 Å². The van der Waals surface area contributed by atoms with Crippen molar-refractivity contribution < 1.29 is 80.2 Å². The van der Waals surface area contributed by atoms with Crippen LogP contribution in [0.5, 0.6) is 0 Å². The number of rotatable bonds is 74. The smallest absolute Gasteiger partial charge is 0.462 e. The molecule has 0 aliphatic heterocycles. The first-order valence-electron chi connectivity index (χ1n) is 39.0. The van der Waals surface area contributed by atoms with Crippen molar-refractivity contribution in [1.29, 1.82) is 0 Å². The van der Waals surface area contributed by atoms with Crippen LogP contribution < -0.4 is 0 Å². The predicted molar refractivity (Wildman–Crippen MR) is 381 cm³/mol. The molecule has 0 saturated heterocycles. The van der Waals surface area contributed by atoms with Gasteiger partial charge in [0.2, 0.25) is 0 Å². The zero-order valence-electron chi connectivity index (χ0n) is 61.3. The number of ether oxygens (including phenoxy) is 4. The van der Waals surface area contributed by atoms with Crippen molar-refractivity contribution in [3.8, 4) is 0 Å². The molecule has 0 aromatic carbocycles. The standard InChI is InChI=1S/C75H146O17P2/c1-7-9-11-13-15-17-19-24-29-33-40-46-52-58-73(78)86-63-70(91-74(79)59-53-47-41-34-30-26-23-21-20-22-25-28-31-37-43-49-55-67(3)4)65-89-93(81,82)87-61-69(76)62-88-94(83,84)90-66-71(92-75(80)60-54-48-42-36-35-38-44-50-56-68(5)6)64-85-72(77)57-51-45-39-32-27-18-16-14-12-10-8-2/h67-71,76H,7-66H2,1-6H3,(H,81,82)(H,83,84)/t69-,70-,71-/m1/s1. The number of esters is 4. The molecule has 0 fully saturated rings. The van der Waals surface area contributed by atoms with E-state index < -0.39 is 97.5 Å². The van der Waals surface area contributed by atoms with E-state index >= 15 is 0 Å². The van der Waals surface area contributed by atoms with Gasteiger partial charge in [-0.1, -0.05) is 337 Å². The fourth-order valence-corrected chi connectivity index (χ4v) is 13.1. The number of unbranched alkanes of at least 4 members (excludes halogenated alkanes) is 44. The second kappa shape index (κ2) is 66.9. The monoisotopic (exact) mass is 1380 g/mol. The number of hydrogen-bond donors (Lipinski definition) is 3. The Bertz CT molecular complexity index is 1820. The van der Waals surface area contributed by atoms with Gasteiger partial charge in [-0.15, -0.1) is 0 Å². The normalized spacial score (nSPS) is 14.0. The molecule has 0 amide bonds. The highest BCUT2D eigenvalue weighted by Gasteiger charge is 2.30. The largest absolute Gasteiger partial charge is 0.472 e. The number of carbonyl (C=O) groups excluding carboxylic acids is 4. The molecular weight excluding hydrogens is 1230 g/mol. The third-order valence-corrected chi connectivity index (χ3v) is 19.4. The van der Waals surface area contributed by atoms with Crippen LogP contribution in [0.25, 0.3) is 0 Å². The van der Waals surface area contributed by atoms with Gasteiger partial charge in [-0.2, -0.15) is 0 Å². The van der Waals surface area contributed by atoms with E-state index in [4.69, 9.17) is 37.0 Å². The zero-order valence-corrected chi connectivity index (χ0v) is 63.1. The summed E-state index contributed by atoms with van der Waals surface area (Å²) >= 11 is 0. The number of phosphoric ester groups is 2. The third-order valence-electron chi connectivity index (χ3n) is 17.5. The minimum atomic E-state index is -4.96. The Labute approximate surface area is 575 Å². The van der Waals surface area contributed by atoms with Gasteiger partial charge in [-0.3, -0.25) is 37.3 Å². The maximum Gasteiger partial charge on any atom is 0.472 e. The fourth-order valence-electron chi connectivity index (χ4n) is 11.5. The molecule has 94 heavy (non-hydrogen) atoms. The van der Waals surface area contributed by atoms with Crippen molar-refractivity contribution in [2.45, 2.75) is 407 Å². The maximum atomic E-state index is 13.1. The molecule has 19 heteroatoms. The summed E-state index contributed by atoms with van der Waals surface area (Å²) in [5, 5.41) is 10.6. The van der Waals surface area contributed by atoms with Crippen molar-refractivity contribution >= 4 is 39.5 Å². The Morgan fingerprint density at radius 2 is 0.489 bits per heavy atom. The molecule has 558 valence electrons. The lowest BCUT2D eigenvalue weighted by Crippen LogP contribution is -2.30. The Morgan fingerprint density at radius 1 is 0.287 bits per heavy atom. The maximum absolute atomic E-state index is 13.1. The van der Waals surface area contributed by atoms with Crippen LogP contribution in [-0.2, 0) is 65.4 Å². The quantitative estimate of drug-likeness (QED) is 0.0222. The van der Waals surface area contributed by atoms with Crippen molar-refractivity contribution in [2.24, 2.45) is 11.8 Å². The van der Waals surface area contributed by atoms with Gasteiger partial charge in [0.05, 0.1) is 26.4 Å². The van der Waals surface area contributed by atoms with Gasteiger partial charge < -0.3 is 33.8 Å². The topological polar surface area (TPSA) is 237 Å². The first-order chi connectivity index (χ1) is 45.4. The second-order valence-electron chi connectivity index (χ2n) is 28.0. The van der Waals surface area contributed by atoms with Gasteiger partial charge in [0.1, 0.15) is 19.3 Å². The van der Waals surface area contributed by atoms with E-state index in [1.54, 1.807) is 0 Å². The number of carbonyl (C=O) groups is 4. The van der Waals surface area contributed by atoms with Gasteiger partial charge in [0.25, 0.3) is 0 Å². The summed E-state index contributed by atoms with van der Waals surface area (Å²) in [6, 6.07) is 0. The van der Waals surface area contributed by atoms with Gasteiger partial charge in [0, 0.05) is 25.7 Å². The molecule has 0 saturated carbocycles. The van der Waals surface area contributed by atoms with E-state index in [1.807, 2.05) is 0 Å². The van der Waals surface area contributed by atoms with Crippen LogP contribution in [0.2, 0.25) is 0 Å². The average molecular weight is 1380 g/mol. The molecular formula is C75H146O17P2. The van der Waals surface area contributed by atoms with Crippen molar-refractivity contribution in [2.75, 3.05) is 39.6 Å². The SMILES string of the molecule is CCCCCCCCCCCCCCCC(=O)OC[C@H](COP(=O)(O)OC[C@@H](O)COP(=O)(O)OC[C@@H](COC(=O)CCCCCCCCCCCCC)OC(=O)CCCCCCCCCCC(C)C)OC(=O)CCCCCCCCCCCCCCCCCCC(C)C. The predicted octanol–water partition coefficient (Wildman–Crippen LogP) is 21.9. The summed E-state index contributed by atoms with van der Waals surface area (Å²) in [4.78, 5) is 72.7. The second-order valence-corrected chi connectivity index (χ2v) is 30.9. The first-order valence-corrected chi connectivity index (χ1v) is 42.0. The zero-order chi connectivity index (χ0) is 69.3. The van der Waals surface area contributed by atoms with Crippen LogP contribution in [0.15, 0.2) is 0 Å². The molecule has 0 rings (SSSR count). The summed E-state index contributed by atoms with van der Waals surface area (Å²) in [6.07, 6.45) is 54.1. The van der Waals surface area contributed by atoms with Crippen molar-refractivity contribution in [3.05, 3.63) is 0 Å². The summed E-state index contributed by atoms with van der Waals surface area (Å²) in [7, 11) is -9.91. The Balaban J connectivity index is 5.22. The molecule has 0 aromatic rings. The van der Waals surface area contributed by atoms with Crippen LogP contribution in [0.1, 0.15) is 388 Å². The van der Waals surface area contributed by atoms with Crippen LogP contribution in [0.4, 0.5) is 0 Å². The molecule has 0 aliphatic carbocycles. The molecule has 0 aromatic heterocycles. The number of hydrogen-bond acceptors (Lipinski definition) is 15. The molecule has 3 N–H and O–H groups in total. The lowest BCUT2D eigenvalue weighted by molar-refractivity contribution is -0.161. The number of aliphatic hydroxyl groups is 1. The van der Waals surface area contributed by atoms with E-state index in [9.17, 15) is 43.2 Å². The van der Waals surface area contributed by atoms with Gasteiger partial charge in [0.15, 0.2) is 12.2 Å². The molecule has 0 aliphatic rings. The minimum absolute atomic E-state index is 0.105. The van der Waals surface area contributed by atoms with Crippen LogP contribution in [-0.4, -0.2) is 96.7 Å². The summed E-state index contributed by atoms with van der Waals surface area (Å²) in [6.45, 7) is 9.58. The van der Waals surface area contributed by atoms with Crippen LogP contribution in [0.3, 0.4) is 0 Å². The number of aliphatic hydroxyl groups excluding tert-OH is 1. The molecule has 0 spiro atoms. The highest BCUT2D eigenvalue weighted by molar-refractivity contribution is 7.47. The third kappa shape index (κ3) is 68.6. The number of phosphoric acid groups is 2. The lowest BCUT2D eigenvalue weighted by Gasteiger charge is -2.21. The minimum Gasteiger partial charge on any atom is -0.462 e. The Kier molecular flexibility index (Phi) is 65.5. The molecule has 5 atom stereocenters. The molecule has 0 bridgehead atoms. The van der Waals surface area contributed by atoms with Crippen LogP contribution >= 0.6 is 15.6 Å². The van der Waals surface area contributed by atoms with Gasteiger partial charge >= 0.3 is 39.5 Å². The lowest BCUT2D eigenvalue weighted by atomic mass is 10.0. The van der Waals surface area contributed by atoms with Crippen LogP contribution in [0, 0.1) is 11.8 Å². The van der Waals surface area contributed by atoms with E-state index in [0.29, 0.717) is 25.7 Å². The Morgan fingerprint density at radius 3 is 0.723 bits per heavy atom. The fraction of sp³-hybridized carbons (Fsp3) is 0.947. The average Bonchev–Trinajstić information content (AvgIpc) is 2.15. The van der Waals surface area contributed by atoms with E-state index in [0.717, 1.165) is 102 Å². The van der Waals surface area contributed by atoms with Gasteiger partial charge in [-0.25, -0.2) is 9.13 Å². The highest BCUT2D eigenvalue weighted by atomic mass is 31.2. The van der Waals surface area contributed by atoms with E-state index in [-0.39, 0.29) is 25.7 Å². The molecule has 0 heterocycles. The summed E-state index contributed by atoms with van der Waals surface area (Å²) < 4.78 is 68.5. The molecule has 2 unspecified atom stereocenters. The molecule has 0 radical (unpaired) electrons. The first kappa shape index (κ1) is 92.1. The Hall–Kier alpha value is -1.94. The van der Waals surface area contributed by atoms with E-state index in [2.05, 4.69) is 41.5 Å². The highest BCUT2D eigenvalue weighted by Crippen LogP contribution is 2.45. The van der Waals surface area contributed by atoms with Crippen molar-refractivity contribution in [1.82, 2.24) is 0 Å². The van der Waals surface area contributed by atoms with Crippen molar-refractivity contribution in [3.63, 3.8) is 0 Å². The molecule has 17 nitrogen and oxygen atoms in total. The summed E-state index contributed by atoms with van der Waals surface area (Å²) in [5.74, 6) is -0.589.